The second kappa shape index (κ2) is 9.89. The smallest absolute Gasteiger partial charge is 0.242 e. The highest BCUT2D eigenvalue weighted by Crippen LogP contribution is 2.23. The lowest BCUT2D eigenvalue weighted by Gasteiger charge is -2.22. The molecule has 0 amide bonds. The first kappa shape index (κ1) is 23.8. The van der Waals surface area contributed by atoms with Crippen molar-refractivity contribution in [3.63, 3.8) is 0 Å². The van der Waals surface area contributed by atoms with E-state index in [0.29, 0.717) is 5.52 Å². The van der Waals surface area contributed by atoms with Crippen LogP contribution in [0.5, 0.6) is 0 Å². The van der Waals surface area contributed by atoms with Crippen molar-refractivity contribution in [3.8, 4) is 0 Å². The molecule has 1 saturated heterocycles. The largest absolute Gasteiger partial charge is 0.327 e. The van der Waals surface area contributed by atoms with Gasteiger partial charge in [0.2, 0.25) is 10.0 Å². The molecule has 0 bridgehead atoms. The van der Waals surface area contributed by atoms with Crippen LogP contribution in [0.3, 0.4) is 0 Å². The van der Waals surface area contributed by atoms with E-state index in [1.807, 2.05) is 18.2 Å². The molecule has 1 aromatic heterocycles. The fourth-order valence-corrected chi connectivity index (χ4v) is 5.32. The van der Waals surface area contributed by atoms with Crippen molar-refractivity contribution in [1.82, 2.24) is 23.7 Å². The maximum atomic E-state index is 13.2. The summed E-state index contributed by atoms with van der Waals surface area (Å²) in [5, 5.41) is 0. The van der Waals surface area contributed by atoms with Crippen LogP contribution in [0.25, 0.3) is 11.0 Å². The number of hydrogen-bond donors (Lipinski definition) is 0. The first-order valence-corrected chi connectivity index (χ1v) is 12.8. The minimum Gasteiger partial charge on any atom is -0.327 e. The van der Waals surface area contributed by atoms with Crippen LogP contribution < -0.4 is 0 Å². The predicted molar refractivity (Wildman–Crippen MR) is 128 cm³/mol. The Morgan fingerprint density at radius 2 is 1.64 bits per heavy atom. The second-order valence-corrected chi connectivity index (χ2v) is 10.9. The van der Waals surface area contributed by atoms with Gasteiger partial charge in [0, 0.05) is 40.3 Å². The van der Waals surface area contributed by atoms with Gasteiger partial charge in [0.1, 0.15) is 11.6 Å². The lowest BCUT2D eigenvalue weighted by molar-refractivity contribution is 0.242. The number of halogens is 1. The van der Waals surface area contributed by atoms with Gasteiger partial charge in [-0.3, -0.25) is 9.80 Å². The molecule has 1 fully saturated rings. The number of hydrogen-bond acceptors (Lipinski definition) is 5. The number of sulfonamides is 1. The van der Waals surface area contributed by atoms with Gasteiger partial charge in [-0.1, -0.05) is 12.1 Å². The Balaban J connectivity index is 1.48. The lowest BCUT2D eigenvalue weighted by Crippen LogP contribution is -2.31. The molecule has 178 valence electrons. The summed E-state index contributed by atoms with van der Waals surface area (Å²) in [7, 11) is -0.426. The van der Waals surface area contributed by atoms with E-state index >= 15 is 0 Å². The van der Waals surface area contributed by atoms with Gasteiger partial charge in [-0.15, -0.1) is 0 Å². The number of imidazole rings is 1. The molecule has 0 atom stereocenters. The van der Waals surface area contributed by atoms with E-state index in [9.17, 15) is 12.8 Å². The van der Waals surface area contributed by atoms with Crippen molar-refractivity contribution in [2.75, 3.05) is 40.3 Å². The zero-order valence-electron chi connectivity index (χ0n) is 19.5. The van der Waals surface area contributed by atoms with E-state index in [4.69, 9.17) is 4.98 Å². The summed E-state index contributed by atoms with van der Waals surface area (Å²) in [6, 6.07) is 11.9. The van der Waals surface area contributed by atoms with Crippen LogP contribution >= 0.6 is 0 Å². The Morgan fingerprint density at radius 3 is 2.27 bits per heavy atom. The zero-order valence-corrected chi connectivity index (χ0v) is 20.4. The van der Waals surface area contributed by atoms with Gasteiger partial charge in [0.05, 0.1) is 22.5 Å². The Bertz CT molecular complexity index is 1210. The molecule has 7 nitrogen and oxygen atoms in total. The molecule has 1 aliphatic rings. The van der Waals surface area contributed by atoms with Gasteiger partial charge in [-0.2, -0.15) is 0 Å². The first-order valence-electron chi connectivity index (χ1n) is 11.4. The predicted octanol–water partition coefficient (Wildman–Crippen LogP) is 3.15. The molecular weight excluding hydrogens is 441 g/mol. The number of nitrogens with zero attached hydrogens (tertiary/aromatic N) is 5. The number of rotatable bonds is 7. The van der Waals surface area contributed by atoms with Crippen molar-refractivity contribution in [3.05, 3.63) is 59.7 Å². The molecule has 0 spiro atoms. The lowest BCUT2D eigenvalue weighted by atomic mass is 10.2. The van der Waals surface area contributed by atoms with Crippen molar-refractivity contribution < 1.29 is 12.8 Å². The van der Waals surface area contributed by atoms with Crippen molar-refractivity contribution >= 4 is 21.1 Å². The van der Waals surface area contributed by atoms with Crippen LogP contribution in [0.15, 0.2) is 47.4 Å². The molecule has 0 N–H and O–H groups in total. The highest BCUT2D eigenvalue weighted by molar-refractivity contribution is 7.89. The van der Waals surface area contributed by atoms with E-state index in [-0.39, 0.29) is 10.7 Å². The molecule has 3 aromatic rings. The monoisotopic (exact) mass is 473 g/mol. The summed E-state index contributed by atoms with van der Waals surface area (Å²) < 4.78 is 41.6. The third-order valence-corrected chi connectivity index (χ3v) is 8.07. The molecular formula is C24H32FN5O2S. The van der Waals surface area contributed by atoms with Crippen LogP contribution in [-0.2, 0) is 29.7 Å². The molecule has 4 rings (SSSR count). The highest BCUT2D eigenvalue weighted by Gasteiger charge is 2.21. The summed E-state index contributed by atoms with van der Waals surface area (Å²) in [5.41, 5.74) is 2.79. The summed E-state index contributed by atoms with van der Waals surface area (Å²) >= 11 is 0. The van der Waals surface area contributed by atoms with E-state index in [0.717, 1.165) is 69.1 Å². The van der Waals surface area contributed by atoms with Gasteiger partial charge < -0.3 is 4.57 Å². The Morgan fingerprint density at radius 1 is 0.970 bits per heavy atom. The topological polar surface area (TPSA) is 61.7 Å². The third-order valence-electron chi connectivity index (χ3n) is 6.26. The summed E-state index contributed by atoms with van der Waals surface area (Å²) in [5.74, 6) is 0.755. The van der Waals surface area contributed by atoms with Gasteiger partial charge in [0.15, 0.2) is 0 Å². The second-order valence-electron chi connectivity index (χ2n) is 8.74. The molecule has 0 saturated carbocycles. The number of benzene rings is 2. The van der Waals surface area contributed by atoms with E-state index in [1.165, 1.54) is 30.5 Å². The summed E-state index contributed by atoms with van der Waals surface area (Å²) in [6.45, 7) is 8.26. The van der Waals surface area contributed by atoms with Gasteiger partial charge in [0.25, 0.3) is 0 Å². The first-order chi connectivity index (χ1) is 15.8. The minimum absolute atomic E-state index is 0.203. The normalized spacial score (nSPS) is 16.5. The van der Waals surface area contributed by atoms with Gasteiger partial charge >= 0.3 is 0 Å². The molecule has 2 heterocycles. The fraction of sp³-hybridized carbons (Fsp3) is 0.458. The van der Waals surface area contributed by atoms with E-state index in [2.05, 4.69) is 21.3 Å². The van der Waals surface area contributed by atoms with Crippen molar-refractivity contribution in [2.24, 2.45) is 0 Å². The molecule has 2 aromatic carbocycles. The molecule has 9 heteroatoms. The minimum atomic E-state index is -3.50. The van der Waals surface area contributed by atoms with Gasteiger partial charge in [-0.05, 0) is 62.3 Å². The van der Waals surface area contributed by atoms with Gasteiger partial charge in [-0.25, -0.2) is 22.1 Å². The SMILES string of the molecule is CCn1c(CN2CCCN(Cc3ccc(F)cc3)CC2)nc2cc(S(=O)(=O)N(C)C)ccc21. The van der Waals surface area contributed by atoms with E-state index in [1.54, 1.807) is 12.1 Å². The number of aromatic nitrogens is 2. The fourth-order valence-electron chi connectivity index (χ4n) is 4.39. The average molecular weight is 474 g/mol. The van der Waals surface area contributed by atoms with Crippen LogP contribution in [0, 0.1) is 5.82 Å². The Hall–Kier alpha value is -2.33. The summed E-state index contributed by atoms with van der Waals surface area (Å²) in [6.07, 6.45) is 1.05. The molecule has 0 radical (unpaired) electrons. The molecule has 33 heavy (non-hydrogen) atoms. The highest BCUT2D eigenvalue weighted by atomic mass is 32.2. The Kier molecular flexibility index (Phi) is 7.13. The van der Waals surface area contributed by atoms with Crippen LogP contribution in [-0.4, -0.2) is 72.3 Å². The maximum absolute atomic E-state index is 13.2. The van der Waals surface area contributed by atoms with Crippen LogP contribution in [0.1, 0.15) is 24.7 Å². The average Bonchev–Trinajstić information content (AvgIpc) is 2.98. The number of aryl methyl sites for hydroxylation is 1. The molecule has 0 unspecified atom stereocenters. The van der Waals surface area contributed by atoms with Crippen LogP contribution in [0.2, 0.25) is 0 Å². The molecule has 0 aliphatic carbocycles. The molecule has 1 aliphatic heterocycles. The standard InChI is InChI=1S/C24H32FN5O2S/c1-4-30-23-11-10-21(33(31,32)27(2)3)16-22(23)26-24(30)18-29-13-5-12-28(14-15-29)17-19-6-8-20(25)9-7-19/h6-11,16H,4-5,12-15,17-18H2,1-3H3. The van der Waals surface area contributed by atoms with Crippen molar-refractivity contribution in [2.45, 2.75) is 37.9 Å². The van der Waals surface area contributed by atoms with Crippen LogP contribution in [0.4, 0.5) is 4.39 Å². The van der Waals surface area contributed by atoms with Crippen molar-refractivity contribution in [1.29, 1.82) is 0 Å². The van der Waals surface area contributed by atoms with E-state index < -0.39 is 10.0 Å². The quantitative estimate of drug-likeness (QED) is 0.528. The number of fused-ring (bicyclic) bond motifs is 1. The summed E-state index contributed by atoms with van der Waals surface area (Å²) in [4.78, 5) is 9.91. The third kappa shape index (κ3) is 5.27. The zero-order chi connectivity index (χ0) is 23.6. The Labute approximate surface area is 195 Å². The maximum Gasteiger partial charge on any atom is 0.242 e.